The van der Waals surface area contributed by atoms with Crippen LogP contribution in [0.4, 0.5) is 0 Å². The first-order valence-corrected chi connectivity index (χ1v) is 6.71. The van der Waals surface area contributed by atoms with E-state index in [1.54, 1.807) is 18.3 Å². The number of hydrogen-bond acceptors (Lipinski definition) is 6. The van der Waals surface area contributed by atoms with Crippen LogP contribution in [0.15, 0.2) is 47.7 Å². The minimum atomic E-state index is -0.0850. The first kappa shape index (κ1) is 14.0. The number of hydrogen-bond donors (Lipinski definition) is 3. The van der Waals surface area contributed by atoms with Gasteiger partial charge in [-0.2, -0.15) is 14.9 Å². The molecule has 3 aromatic rings. The summed E-state index contributed by atoms with van der Waals surface area (Å²) in [7, 11) is 0. The van der Waals surface area contributed by atoms with Crippen molar-refractivity contribution >= 4 is 18.4 Å². The van der Waals surface area contributed by atoms with Crippen molar-refractivity contribution in [1.29, 1.82) is 0 Å². The van der Waals surface area contributed by atoms with Crippen LogP contribution in [0.3, 0.4) is 0 Å². The molecule has 0 radical (unpaired) electrons. The van der Waals surface area contributed by atoms with Crippen LogP contribution >= 0.6 is 12.2 Å². The Hall–Kier alpha value is -3.00. The number of aromatic hydroxyl groups is 2. The van der Waals surface area contributed by atoms with E-state index in [0.717, 1.165) is 0 Å². The number of phenolic OH excluding ortho intramolecular Hbond substituents is 2. The van der Waals surface area contributed by atoms with Gasteiger partial charge in [-0.25, -0.2) is 5.10 Å². The first-order chi connectivity index (χ1) is 10.6. The second-order valence-electron chi connectivity index (χ2n) is 4.37. The third kappa shape index (κ3) is 2.72. The lowest BCUT2D eigenvalue weighted by atomic mass is 10.2. The molecule has 0 amide bonds. The predicted octanol–water partition coefficient (Wildman–Crippen LogP) is 2.30. The summed E-state index contributed by atoms with van der Waals surface area (Å²) in [6.07, 6.45) is 3.07. The summed E-state index contributed by atoms with van der Waals surface area (Å²) >= 11 is 5.14. The van der Waals surface area contributed by atoms with E-state index in [1.165, 1.54) is 29.1 Å². The van der Waals surface area contributed by atoms with Gasteiger partial charge in [-0.3, -0.25) is 4.98 Å². The number of benzene rings is 1. The average molecular weight is 313 g/mol. The smallest absolute Gasteiger partial charge is 0.216 e. The van der Waals surface area contributed by atoms with Gasteiger partial charge in [-0.05, 0) is 36.5 Å². The molecule has 0 saturated carbocycles. The van der Waals surface area contributed by atoms with Crippen LogP contribution in [0, 0.1) is 4.77 Å². The molecule has 2 aromatic heterocycles. The van der Waals surface area contributed by atoms with Crippen LogP contribution in [0.25, 0.3) is 11.5 Å². The molecule has 0 unspecified atom stereocenters. The summed E-state index contributed by atoms with van der Waals surface area (Å²) in [5, 5.41) is 30.0. The molecule has 0 atom stereocenters. The highest BCUT2D eigenvalue weighted by molar-refractivity contribution is 7.71. The molecule has 2 heterocycles. The number of nitrogens with zero attached hydrogens (tertiary/aromatic N) is 4. The lowest BCUT2D eigenvalue weighted by Crippen LogP contribution is -1.96. The maximum absolute atomic E-state index is 9.75. The minimum absolute atomic E-state index is 0.0243. The number of aromatic nitrogens is 4. The molecule has 0 spiro atoms. The molecule has 8 heteroatoms. The summed E-state index contributed by atoms with van der Waals surface area (Å²) in [5.41, 5.74) is 1.05. The van der Waals surface area contributed by atoms with Crippen molar-refractivity contribution < 1.29 is 10.2 Å². The zero-order valence-electron chi connectivity index (χ0n) is 11.2. The Kier molecular flexibility index (Phi) is 3.67. The second kappa shape index (κ2) is 5.78. The van der Waals surface area contributed by atoms with E-state index in [2.05, 4.69) is 20.3 Å². The van der Waals surface area contributed by atoms with Crippen LogP contribution in [-0.4, -0.2) is 36.3 Å². The van der Waals surface area contributed by atoms with Crippen molar-refractivity contribution in [2.45, 2.75) is 0 Å². The Morgan fingerprint density at radius 2 is 2.09 bits per heavy atom. The van der Waals surface area contributed by atoms with Crippen molar-refractivity contribution in [2.24, 2.45) is 5.10 Å². The standard InChI is InChI=1S/C14H11N5O2S/c20-10-5-4-9(12(21)7-10)8-16-19-13(17-18-14(19)22)11-3-1-2-6-15-11/h1-8,20-21H,(H,18,22)/b16-8-. The van der Waals surface area contributed by atoms with E-state index >= 15 is 0 Å². The largest absolute Gasteiger partial charge is 0.508 e. The van der Waals surface area contributed by atoms with Gasteiger partial charge < -0.3 is 10.2 Å². The van der Waals surface area contributed by atoms with E-state index in [1.807, 2.05) is 6.07 Å². The Balaban J connectivity index is 2.01. The van der Waals surface area contributed by atoms with Crippen LogP contribution < -0.4 is 0 Å². The normalized spacial score (nSPS) is 11.1. The van der Waals surface area contributed by atoms with E-state index in [0.29, 0.717) is 21.9 Å². The second-order valence-corrected chi connectivity index (χ2v) is 4.75. The molecule has 0 aliphatic rings. The fourth-order valence-electron chi connectivity index (χ4n) is 1.82. The highest BCUT2D eigenvalue weighted by Gasteiger charge is 2.09. The van der Waals surface area contributed by atoms with Crippen molar-refractivity contribution in [3.8, 4) is 23.0 Å². The summed E-state index contributed by atoms with van der Waals surface area (Å²) < 4.78 is 1.71. The topological polar surface area (TPSA) is 99.3 Å². The Morgan fingerprint density at radius 3 is 2.82 bits per heavy atom. The third-order valence-electron chi connectivity index (χ3n) is 2.87. The van der Waals surface area contributed by atoms with E-state index in [4.69, 9.17) is 12.2 Å². The highest BCUT2D eigenvalue weighted by Crippen LogP contribution is 2.21. The maximum Gasteiger partial charge on any atom is 0.216 e. The molecule has 7 nitrogen and oxygen atoms in total. The lowest BCUT2D eigenvalue weighted by Gasteiger charge is -2.01. The van der Waals surface area contributed by atoms with Crippen LogP contribution in [-0.2, 0) is 0 Å². The van der Waals surface area contributed by atoms with Gasteiger partial charge in [0.1, 0.15) is 17.2 Å². The van der Waals surface area contributed by atoms with Gasteiger partial charge in [-0.15, -0.1) is 0 Å². The molecular weight excluding hydrogens is 302 g/mol. The van der Waals surface area contributed by atoms with Crippen molar-refractivity contribution in [3.63, 3.8) is 0 Å². The SMILES string of the molecule is Oc1ccc(/C=N\n2c(-c3ccccn3)n[nH]c2=S)c(O)c1. The molecule has 0 saturated heterocycles. The van der Waals surface area contributed by atoms with E-state index in [9.17, 15) is 10.2 Å². The monoisotopic (exact) mass is 313 g/mol. The summed E-state index contributed by atoms with van der Waals surface area (Å²) in [5.74, 6) is 0.349. The summed E-state index contributed by atoms with van der Waals surface area (Å²) in [6.45, 7) is 0. The molecule has 110 valence electrons. The molecule has 22 heavy (non-hydrogen) atoms. The predicted molar refractivity (Wildman–Crippen MR) is 83.4 cm³/mol. The first-order valence-electron chi connectivity index (χ1n) is 6.30. The number of pyridine rings is 1. The van der Waals surface area contributed by atoms with Crippen LogP contribution in [0.5, 0.6) is 11.5 Å². The van der Waals surface area contributed by atoms with Gasteiger partial charge in [0.15, 0.2) is 0 Å². The molecular formula is C14H11N5O2S. The van der Waals surface area contributed by atoms with E-state index < -0.39 is 0 Å². The Bertz CT molecular complexity index is 886. The molecule has 0 aliphatic heterocycles. The molecule has 0 fully saturated rings. The van der Waals surface area contributed by atoms with Gasteiger partial charge in [0.05, 0.1) is 6.21 Å². The third-order valence-corrected chi connectivity index (χ3v) is 3.13. The Morgan fingerprint density at radius 1 is 1.23 bits per heavy atom. The maximum atomic E-state index is 9.75. The number of H-pyrrole nitrogens is 1. The number of nitrogens with one attached hydrogen (secondary N) is 1. The van der Waals surface area contributed by atoms with Crippen LogP contribution in [0.1, 0.15) is 5.56 Å². The fourth-order valence-corrected chi connectivity index (χ4v) is 2.00. The average Bonchev–Trinajstić information content (AvgIpc) is 2.88. The van der Waals surface area contributed by atoms with Gasteiger partial charge in [0, 0.05) is 17.8 Å². The molecule has 0 bridgehead atoms. The van der Waals surface area contributed by atoms with Gasteiger partial charge in [0.2, 0.25) is 10.6 Å². The highest BCUT2D eigenvalue weighted by atomic mass is 32.1. The quantitative estimate of drug-likeness (QED) is 0.509. The number of rotatable bonds is 3. The number of aromatic amines is 1. The van der Waals surface area contributed by atoms with Gasteiger partial charge >= 0.3 is 0 Å². The van der Waals surface area contributed by atoms with Crippen molar-refractivity contribution in [2.75, 3.05) is 0 Å². The van der Waals surface area contributed by atoms with E-state index in [-0.39, 0.29) is 11.5 Å². The van der Waals surface area contributed by atoms with Crippen molar-refractivity contribution in [3.05, 3.63) is 52.9 Å². The molecule has 3 rings (SSSR count). The lowest BCUT2D eigenvalue weighted by molar-refractivity contribution is 0.450. The zero-order valence-corrected chi connectivity index (χ0v) is 12.0. The molecule has 3 N–H and O–H groups in total. The van der Waals surface area contributed by atoms with Crippen molar-refractivity contribution in [1.82, 2.24) is 19.9 Å². The summed E-state index contributed by atoms with van der Waals surface area (Å²) in [4.78, 5) is 4.20. The minimum Gasteiger partial charge on any atom is -0.508 e. The number of phenols is 2. The molecule has 0 aliphatic carbocycles. The summed E-state index contributed by atoms with van der Waals surface area (Å²) in [6, 6.07) is 9.64. The van der Waals surface area contributed by atoms with Crippen LogP contribution in [0.2, 0.25) is 0 Å². The van der Waals surface area contributed by atoms with Gasteiger partial charge in [-0.1, -0.05) is 6.07 Å². The van der Waals surface area contributed by atoms with Gasteiger partial charge in [0.25, 0.3) is 0 Å². The molecule has 1 aromatic carbocycles. The zero-order chi connectivity index (χ0) is 15.5. The Labute approximate surface area is 130 Å². The fraction of sp³-hybridized carbons (Fsp3) is 0.